The van der Waals surface area contributed by atoms with Crippen molar-refractivity contribution in [2.45, 2.75) is 78.7 Å². The molecular formula is C25H34N6O4S2. The van der Waals surface area contributed by atoms with E-state index in [4.69, 9.17) is 4.74 Å². The van der Waals surface area contributed by atoms with Gasteiger partial charge in [-0.25, -0.2) is 15.0 Å². The van der Waals surface area contributed by atoms with Crippen molar-refractivity contribution in [3.05, 3.63) is 32.2 Å². The van der Waals surface area contributed by atoms with Crippen molar-refractivity contribution in [1.82, 2.24) is 25.9 Å². The number of fused-ring (bicyclic) bond motifs is 5. The number of aromatic nitrogens is 2. The van der Waals surface area contributed by atoms with Crippen molar-refractivity contribution in [2.24, 2.45) is 22.7 Å². The van der Waals surface area contributed by atoms with Crippen LogP contribution in [0.2, 0.25) is 0 Å². The van der Waals surface area contributed by atoms with Gasteiger partial charge in [-0.1, -0.05) is 41.5 Å². The van der Waals surface area contributed by atoms with Crippen molar-refractivity contribution < 1.29 is 19.1 Å². The first-order chi connectivity index (χ1) is 17.5. The Kier molecular flexibility index (Phi) is 7.98. The lowest BCUT2D eigenvalue weighted by atomic mass is 10.0. The molecule has 200 valence electrons. The maximum atomic E-state index is 13.3. The average molecular weight is 547 g/mol. The second-order valence-corrected chi connectivity index (χ2v) is 12.3. The Morgan fingerprint density at radius 1 is 0.757 bits per heavy atom. The number of nitrogens with zero attached hydrogens (tertiary/aromatic N) is 3. The van der Waals surface area contributed by atoms with Gasteiger partial charge in [0.15, 0.2) is 6.04 Å². The van der Waals surface area contributed by atoms with Gasteiger partial charge in [0.2, 0.25) is 11.8 Å². The summed E-state index contributed by atoms with van der Waals surface area (Å²) < 4.78 is 6.00. The summed E-state index contributed by atoms with van der Waals surface area (Å²) >= 11 is 2.66. The van der Waals surface area contributed by atoms with Crippen LogP contribution >= 0.6 is 22.7 Å². The summed E-state index contributed by atoms with van der Waals surface area (Å²) in [5.41, 5.74) is 0.530. The third-order valence-corrected chi connectivity index (χ3v) is 8.32. The van der Waals surface area contributed by atoms with E-state index in [-0.39, 0.29) is 46.9 Å². The number of carbonyl (C=O) groups excluding carboxylic acids is 3. The highest BCUT2D eigenvalue weighted by Crippen LogP contribution is 2.29. The molecular weight excluding hydrogens is 512 g/mol. The molecule has 3 N–H and O–H groups in total. The second kappa shape index (κ2) is 10.9. The van der Waals surface area contributed by atoms with E-state index in [2.05, 4.69) is 30.9 Å². The summed E-state index contributed by atoms with van der Waals surface area (Å²) in [5.74, 6) is -0.645. The molecule has 0 spiro atoms. The largest absolute Gasteiger partial charge is 0.474 e. The van der Waals surface area contributed by atoms with Crippen LogP contribution in [-0.4, -0.2) is 51.8 Å². The number of aliphatic imine (C=N–C) groups is 1. The predicted molar refractivity (Wildman–Crippen MR) is 143 cm³/mol. The van der Waals surface area contributed by atoms with Crippen LogP contribution in [0.3, 0.4) is 0 Å². The number of thiazole rings is 2. The zero-order chi connectivity index (χ0) is 27.0. The minimum absolute atomic E-state index is 0.0255. The minimum Gasteiger partial charge on any atom is -0.474 e. The maximum absolute atomic E-state index is 13.3. The molecule has 0 saturated heterocycles. The molecule has 2 aliphatic rings. The van der Waals surface area contributed by atoms with Gasteiger partial charge < -0.3 is 20.7 Å². The zero-order valence-corrected chi connectivity index (χ0v) is 23.7. The summed E-state index contributed by atoms with van der Waals surface area (Å²) in [6.07, 6.45) is -0.502. The van der Waals surface area contributed by atoms with Gasteiger partial charge in [0.05, 0.1) is 12.1 Å². The monoisotopic (exact) mass is 546 g/mol. The third kappa shape index (κ3) is 5.69. The molecule has 0 fully saturated rings. The molecule has 2 aliphatic heterocycles. The van der Waals surface area contributed by atoms with Crippen molar-refractivity contribution in [1.29, 1.82) is 0 Å². The highest BCUT2D eigenvalue weighted by atomic mass is 32.1. The fourth-order valence-corrected chi connectivity index (χ4v) is 6.27. The van der Waals surface area contributed by atoms with Crippen LogP contribution in [-0.2, 0) is 9.53 Å². The molecule has 0 saturated carbocycles. The van der Waals surface area contributed by atoms with E-state index in [1.54, 1.807) is 17.7 Å². The van der Waals surface area contributed by atoms with Crippen LogP contribution in [0.4, 0.5) is 0 Å². The van der Waals surface area contributed by atoms with Gasteiger partial charge in [-0.15, -0.1) is 22.7 Å². The molecule has 3 amide bonds. The van der Waals surface area contributed by atoms with Crippen LogP contribution in [0.1, 0.15) is 91.5 Å². The highest BCUT2D eigenvalue weighted by molar-refractivity contribution is 7.10. The van der Waals surface area contributed by atoms with Crippen LogP contribution < -0.4 is 16.0 Å². The standard InChI is InChI=1S/C25H34N6O4S2/c1-10(2)16-23-31-19(13(7)35-23)22(34)30-18(12(5)6)25-27-15(9-37-25)21(33)29-17(11(3)4)24-26-14(8-36-24)20(32)28-16/h8-13,16-19H,1-7H3,(H,28,32)(H,29,33)(H,30,34)/t13-,16+,17+,18+,19+/m1/s1. The Morgan fingerprint density at radius 3 is 1.70 bits per heavy atom. The quantitative estimate of drug-likeness (QED) is 0.539. The van der Waals surface area contributed by atoms with Crippen molar-refractivity contribution >= 4 is 46.3 Å². The van der Waals surface area contributed by atoms with Crippen molar-refractivity contribution in [3.8, 4) is 0 Å². The summed E-state index contributed by atoms with van der Waals surface area (Å²) in [5, 5.41) is 13.7. The summed E-state index contributed by atoms with van der Waals surface area (Å²) in [7, 11) is 0. The molecule has 4 heterocycles. The first-order valence-corrected chi connectivity index (χ1v) is 14.3. The number of carbonyl (C=O) groups is 3. The lowest BCUT2D eigenvalue weighted by molar-refractivity contribution is -0.124. The molecule has 2 aromatic rings. The van der Waals surface area contributed by atoms with E-state index in [0.29, 0.717) is 15.9 Å². The Balaban J connectivity index is 1.77. The number of nitrogens with one attached hydrogen (secondary N) is 3. The normalized spacial score (nSPS) is 26.8. The van der Waals surface area contributed by atoms with Gasteiger partial charge in [0.1, 0.15) is 33.5 Å². The molecule has 5 atom stereocenters. The topological polar surface area (TPSA) is 135 Å². The van der Waals surface area contributed by atoms with E-state index in [0.717, 1.165) is 0 Å². The van der Waals surface area contributed by atoms with Crippen LogP contribution in [0.5, 0.6) is 0 Å². The Bertz CT molecular complexity index is 1200. The molecule has 6 bridgehead atoms. The molecule has 37 heavy (non-hydrogen) atoms. The average Bonchev–Trinajstić information content (AvgIpc) is 3.57. The Hall–Kier alpha value is -2.86. The fraction of sp³-hybridized carbons (Fsp3) is 0.600. The number of hydrogen-bond acceptors (Lipinski definition) is 9. The highest BCUT2D eigenvalue weighted by Gasteiger charge is 2.39. The SMILES string of the molecule is CC(C)[C@@H]1NC(=O)c2csc(n2)[C@H](C(C)C)NC(=O)c2csc(n2)[C@H](C(C)C)NC(=O)[C@H]2N=C1O[C@@H]2C. The third-order valence-electron chi connectivity index (χ3n) is 6.46. The molecule has 0 radical (unpaired) electrons. The summed E-state index contributed by atoms with van der Waals surface area (Å²) in [6.45, 7) is 13.6. The summed E-state index contributed by atoms with van der Waals surface area (Å²) in [6, 6.07) is -2.09. The van der Waals surface area contributed by atoms with E-state index < -0.39 is 30.3 Å². The Morgan fingerprint density at radius 2 is 1.22 bits per heavy atom. The van der Waals surface area contributed by atoms with E-state index in [1.807, 2.05) is 41.5 Å². The minimum atomic E-state index is -0.770. The number of amides is 3. The molecule has 4 rings (SSSR count). The van der Waals surface area contributed by atoms with Crippen LogP contribution in [0.15, 0.2) is 15.8 Å². The molecule has 2 aromatic heterocycles. The molecule has 10 nitrogen and oxygen atoms in total. The van der Waals surface area contributed by atoms with E-state index in [1.165, 1.54) is 22.7 Å². The first-order valence-electron chi connectivity index (χ1n) is 12.5. The number of rotatable bonds is 3. The lowest BCUT2D eigenvalue weighted by Crippen LogP contribution is -2.45. The molecule has 0 aromatic carbocycles. The maximum Gasteiger partial charge on any atom is 0.271 e. The van der Waals surface area contributed by atoms with E-state index >= 15 is 0 Å². The van der Waals surface area contributed by atoms with Crippen molar-refractivity contribution in [3.63, 3.8) is 0 Å². The predicted octanol–water partition coefficient (Wildman–Crippen LogP) is 3.49. The van der Waals surface area contributed by atoms with Crippen LogP contribution in [0, 0.1) is 17.8 Å². The first kappa shape index (κ1) is 27.2. The zero-order valence-electron chi connectivity index (χ0n) is 22.1. The summed E-state index contributed by atoms with van der Waals surface area (Å²) in [4.78, 5) is 53.3. The fourth-order valence-electron chi connectivity index (χ4n) is 4.23. The molecule has 0 aliphatic carbocycles. The van der Waals surface area contributed by atoms with Gasteiger partial charge in [-0.2, -0.15) is 0 Å². The number of hydrogen-bond donors (Lipinski definition) is 3. The lowest BCUT2D eigenvalue weighted by Gasteiger charge is -2.23. The molecule has 0 unspecified atom stereocenters. The van der Waals surface area contributed by atoms with Gasteiger partial charge in [0.25, 0.3) is 11.8 Å². The van der Waals surface area contributed by atoms with Gasteiger partial charge in [-0.3, -0.25) is 14.4 Å². The van der Waals surface area contributed by atoms with Gasteiger partial charge >= 0.3 is 0 Å². The van der Waals surface area contributed by atoms with Gasteiger partial charge in [-0.05, 0) is 24.7 Å². The number of ether oxygens (including phenoxy) is 1. The van der Waals surface area contributed by atoms with Gasteiger partial charge in [0, 0.05) is 10.8 Å². The molecule has 12 heteroatoms. The second-order valence-electron chi connectivity index (χ2n) is 10.5. The Labute approximate surface area is 224 Å². The van der Waals surface area contributed by atoms with E-state index in [9.17, 15) is 14.4 Å². The smallest absolute Gasteiger partial charge is 0.271 e. The van der Waals surface area contributed by atoms with Crippen molar-refractivity contribution in [2.75, 3.05) is 0 Å². The van der Waals surface area contributed by atoms with Crippen LogP contribution in [0.25, 0.3) is 0 Å².